The fourth-order valence-corrected chi connectivity index (χ4v) is 2.11. The van der Waals surface area contributed by atoms with Crippen molar-refractivity contribution in [2.45, 2.75) is 26.7 Å². The summed E-state index contributed by atoms with van der Waals surface area (Å²) in [6.07, 6.45) is 0.565. The predicted molar refractivity (Wildman–Crippen MR) is 84.0 cm³/mol. The smallest absolute Gasteiger partial charge is 0.336 e. The molecule has 0 unspecified atom stereocenters. The summed E-state index contributed by atoms with van der Waals surface area (Å²) in [6.45, 7) is 3.39. The van der Waals surface area contributed by atoms with Crippen LogP contribution in [0, 0.1) is 3.57 Å². The van der Waals surface area contributed by atoms with Gasteiger partial charge in [0.25, 0.3) is 0 Å². The number of carboxylic acid groups (broad SMARTS) is 1. The van der Waals surface area contributed by atoms with Crippen molar-refractivity contribution >= 4 is 51.7 Å². The molecule has 6 nitrogen and oxygen atoms in total. The van der Waals surface area contributed by atoms with Crippen molar-refractivity contribution in [2.75, 3.05) is 10.6 Å². The van der Waals surface area contributed by atoms with E-state index < -0.39 is 5.97 Å². The summed E-state index contributed by atoms with van der Waals surface area (Å²) >= 11 is 1.86. The largest absolute Gasteiger partial charge is 0.478 e. The number of halogens is 1. The van der Waals surface area contributed by atoms with E-state index in [0.717, 1.165) is 0 Å². The quantitative estimate of drug-likeness (QED) is 0.674. The van der Waals surface area contributed by atoms with Gasteiger partial charge in [-0.05, 0) is 34.7 Å². The van der Waals surface area contributed by atoms with Crippen molar-refractivity contribution in [1.82, 2.24) is 0 Å². The molecule has 1 rings (SSSR count). The standard InChI is InChI=1S/C13H15IN2O4/c1-3-10(17)15-7-5-8(13(19)20)12(14)9(6-7)16-11(18)4-2/h5-6H,3-4H2,1-2H3,(H,15,17)(H,16,18)(H,19,20). The molecule has 0 bridgehead atoms. The maximum Gasteiger partial charge on any atom is 0.336 e. The van der Waals surface area contributed by atoms with E-state index in [2.05, 4.69) is 10.6 Å². The Bertz CT molecular complexity index is 558. The van der Waals surface area contributed by atoms with Gasteiger partial charge in [0.1, 0.15) is 0 Å². The Kier molecular flexibility index (Phi) is 5.93. The minimum absolute atomic E-state index is 0.0332. The summed E-state index contributed by atoms with van der Waals surface area (Å²) in [5.41, 5.74) is 0.760. The lowest BCUT2D eigenvalue weighted by Crippen LogP contribution is -2.15. The van der Waals surface area contributed by atoms with Gasteiger partial charge in [-0.2, -0.15) is 0 Å². The van der Waals surface area contributed by atoms with E-state index in [1.807, 2.05) is 22.6 Å². The summed E-state index contributed by atoms with van der Waals surface area (Å²) in [5, 5.41) is 14.4. The zero-order valence-corrected chi connectivity index (χ0v) is 13.3. The average Bonchev–Trinajstić information content (AvgIpc) is 2.41. The van der Waals surface area contributed by atoms with Crippen LogP contribution in [-0.2, 0) is 9.59 Å². The number of benzene rings is 1. The van der Waals surface area contributed by atoms with Gasteiger partial charge in [-0.1, -0.05) is 13.8 Å². The molecule has 20 heavy (non-hydrogen) atoms. The molecule has 0 saturated heterocycles. The number of nitrogens with one attached hydrogen (secondary N) is 2. The van der Waals surface area contributed by atoms with E-state index in [1.54, 1.807) is 19.9 Å². The second kappa shape index (κ2) is 7.22. The third kappa shape index (κ3) is 4.19. The molecular formula is C13H15IN2O4. The van der Waals surface area contributed by atoms with Crippen LogP contribution in [0.2, 0.25) is 0 Å². The van der Waals surface area contributed by atoms with Crippen molar-refractivity contribution in [3.8, 4) is 0 Å². The van der Waals surface area contributed by atoms with Crippen molar-refractivity contribution in [2.24, 2.45) is 0 Å². The normalized spacial score (nSPS) is 9.95. The van der Waals surface area contributed by atoms with E-state index in [9.17, 15) is 14.4 Å². The second-order valence-electron chi connectivity index (χ2n) is 3.99. The van der Waals surface area contributed by atoms with Crippen molar-refractivity contribution in [3.05, 3.63) is 21.3 Å². The zero-order chi connectivity index (χ0) is 15.3. The molecule has 0 heterocycles. The minimum Gasteiger partial charge on any atom is -0.478 e. The zero-order valence-electron chi connectivity index (χ0n) is 11.1. The molecule has 0 aromatic heterocycles. The van der Waals surface area contributed by atoms with Crippen LogP contribution in [-0.4, -0.2) is 22.9 Å². The average molecular weight is 390 g/mol. The number of carboxylic acids is 1. The maximum atomic E-state index is 11.5. The Morgan fingerprint density at radius 2 is 1.65 bits per heavy atom. The lowest BCUT2D eigenvalue weighted by molar-refractivity contribution is -0.116. The predicted octanol–water partition coefficient (Wildman–Crippen LogP) is 2.69. The van der Waals surface area contributed by atoms with Crippen LogP contribution in [0.3, 0.4) is 0 Å². The SMILES string of the molecule is CCC(=O)Nc1cc(NC(=O)CC)c(I)c(C(=O)O)c1. The van der Waals surface area contributed by atoms with Gasteiger partial charge >= 0.3 is 5.97 Å². The summed E-state index contributed by atoms with van der Waals surface area (Å²) in [7, 11) is 0. The van der Waals surface area contributed by atoms with E-state index >= 15 is 0 Å². The molecule has 7 heteroatoms. The van der Waals surface area contributed by atoms with Gasteiger partial charge in [-0.25, -0.2) is 4.79 Å². The minimum atomic E-state index is -1.12. The van der Waals surface area contributed by atoms with E-state index in [-0.39, 0.29) is 30.2 Å². The third-order valence-corrected chi connectivity index (χ3v) is 3.67. The number of hydrogen-bond acceptors (Lipinski definition) is 3. The fourth-order valence-electron chi connectivity index (χ4n) is 1.43. The first-order chi connectivity index (χ1) is 9.38. The highest BCUT2D eigenvalue weighted by atomic mass is 127. The highest BCUT2D eigenvalue weighted by Gasteiger charge is 2.16. The molecule has 0 aliphatic carbocycles. The van der Waals surface area contributed by atoms with Crippen molar-refractivity contribution in [1.29, 1.82) is 0 Å². The number of amides is 2. The van der Waals surface area contributed by atoms with Crippen LogP contribution in [0.5, 0.6) is 0 Å². The lowest BCUT2D eigenvalue weighted by atomic mass is 10.1. The number of carbonyl (C=O) groups is 3. The number of rotatable bonds is 5. The molecule has 0 spiro atoms. The van der Waals surface area contributed by atoms with Gasteiger partial charge < -0.3 is 15.7 Å². The van der Waals surface area contributed by atoms with Gasteiger partial charge in [-0.3, -0.25) is 9.59 Å². The van der Waals surface area contributed by atoms with Crippen molar-refractivity contribution in [3.63, 3.8) is 0 Å². The van der Waals surface area contributed by atoms with Gasteiger partial charge in [0.15, 0.2) is 0 Å². The monoisotopic (exact) mass is 390 g/mol. The van der Waals surface area contributed by atoms with Crippen LogP contribution >= 0.6 is 22.6 Å². The summed E-state index contributed by atoms with van der Waals surface area (Å²) in [4.78, 5) is 34.1. The molecule has 0 fully saturated rings. The Labute approximate surface area is 130 Å². The molecule has 2 amide bonds. The summed E-state index contributed by atoms with van der Waals surface area (Å²) in [6, 6.07) is 2.93. The second-order valence-corrected chi connectivity index (χ2v) is 5.07. The molecular weight excluding hydrogens is 375 g/mol. The molecule has 0 aliphatic rings. The number of anilines is 2. The van der Waals surface area contributed by atoms with Crippen LogP contribution in [0.4, 0.5) is 11.4 Å². The highest BCUT2D eigenvalue weighted by Crippen LogP contribution is 2.27. The van der Waals surface area contributed by atoms with Crippen LogP contribution in [0.25, 0.3) is 0 Å². The molecule has 0 radical (unpaired) electrons. The Morgan fingerprint density at radius 3 is 2.15 bits per heavy atom. The number of carbonyl (C=O) groups excluding carboxylic acids is 2. The topological polar surface area (TPSA) is 95.5 Å². The number of aromatic carboxylic acids is 1. The fraction of sp³-hybridized carbons (Fsp3) is 0.308. The van der Waals surface area contributed by atoms with Gasteiger partial charge in [0.05, 0.1) is 14.8 Å². The van der Waals surface area contributed by atoms with E-state index in [4.69, 9.17) is 5.11 Å². The third-order valence-electron chi connectivity index (χ3n) is 2.50. The van der Waals surface area contributed by atoms with E-state index in [0.29, 0.717) is 14.9 Å². The first-order valence-electron chi connectivity index (χ1n) is 6.05. The Morgan fingerprint density at radius 1 is 1.10 bits per heavy atom. The molecule has 108 valence electrons. The molecule has 3 N–H and O–H groups in total. The van der Waals surface area contributed by atoms with Crippen LogP contribution in [0.15, 0.2) is 12.1 Å². The lowest BCUT2D eigenvalue weighted by Gasteiger charge is -2.12. The number of hydrogen-bond donors (Lipinski definition) is 3. The molecule has 1 aromatic rings. The van der Waals surface area contributed by atoms with Gasteiger partial charge in [0.2, 0.25) is 11.8 Å². The van der Waals surface area contributed by atoms with Crippen LogP contribution in [0.1, 0.15) is 37.0 Å². The molecule has 1 aromatic carbocycles. The summed E-state index contributed by atoms with van der Waals surface area (Å²) in [5.74, 6) is -1.57. The first-order valence-corrected chi connectivity index (χ1v) is 7.13. The summed E-state index contributed by atoms with van der Waals surface area (Å²) < 4.78 is 0.423. The maximum absolute atomic E-state index is 11.5. The Balaban J connectivity index is 3.23. The van der Waals surface area contributed by atoms with Crippen LogP contribution < -0.4 is 10.6 Å². The molecule has 0 saturated carbocycles. The van der Waals surface area contributed by atoms with Crippen molar-refractivity contribution < 1.29 is 19.5 Å². The van der Waals surface area contributed by atoms with Gasteiger partial charge in [-0.15, -0.1) is 0 Å². The van der Waals surface area contributed by atoms with E-state index in [1.165, 1.54) is 6.07 Å². The Hall–Kier alpha value is -1.64. The first kappa shape index (κ1) is 16.4. The highest BCUT2D eigenvalue weighted by molar-refractivity contribution is 14.1. The van der Waals surface area contributed by atoms with Gasteiger partial charge in [0, 0.05) is 18.5 Å². The molecule has 0 atom stereocenters. The molecule has 0 aliphatic heterocycles.